The number of halogens is 2. The predicted molar refractivity (Wildman–Crippen MR) is 95.0 cm³/mol. The monoisotopic (exact) mass is 423 g/mol. The molecule has 0 saturated carbocycles. The summed E-state index contributed by atoms with van der Waals surface area (Å²) in [4.78, 5) is 4.50. The molecule has 2 aromatic rings. The van der Waals surface area contributed by atoms with E-state index in [9.17, 15) is 5.11 Å². The maximum Gasteiger partial charge on any atom is 0.124 e. The number of aliphatic imine (C=N–C) groups is 1. The molecule has 3 N–H and O–H groups in total. The lowest BCUT2D eigenvalue weighted by molar-refractivity contribution is 0.474. The van der Waals surface area contributed by atoms with E-state index in [1.165, 1.54) is 5.56 Å². The van der Waals surface area contributed by atoms with Crippen LogP contribution in [0.1, 0.15) is 23.6 Å². The van der Waals surface area contributed by atoms with Crippen LogP contribution in [0.4, 0.5) is 0 Å². The zero-order chi connectivity index (χ0) is 15.5. The van der Waals surface area contributed by atoms with Crippen LogP contribution in [0.15, 0.2) is 56.4 Å². The first-order chi connectivity index (χ1) is 10.6. The number of benzene rings is 2. The first kappa shape index (κ1) is 15.7. The normalized spacial score (nSPS) is 21.5. The van der Waals surface area contributed by atoms with E-state index in [1.807, 2.05) is 18.2 Å². The quantitative estimate of drug-likeness (QED) is 0.655. The number of hydrogen-bond acceptors (Lipinski definition) is 4. The number of phenols is 1. The Bertz CT molecular complexity index is 688. The van der Waals surface area contributed by atoms with Gasteiger partial charge in [0.1, 0.15) is 11.9 Å². The Morgan fingerprint density at radius 1 is 1.05 bits per heavy atom. The zero-order valence-electron chi connectivity index (χ0n) is 11.6. The van der Waals surface area contributed by atoms with Crippen molar-refractivity contribution < 1.29 is 5.11 Å². The van der Waals surface area contributed by atoms with Crippen molar-refractivity contribution in [2.45, 2.75) is 18.6 Å². The third-order valence-electron chi connectivity index (χ3n) is 3.54. The lowest BCUT2D eigenvalue weighted by atomic mass is 10.0. The van der Waals surface area contributed by atoms with Gasteiger partial charge < -0.3 is 5.11 Å². The summed E-state index contributed by atoms with van der Waals surface area (Å²) in [6.45, 7) is 0. The first-order valence-electron chi connectivity index (χ1n) is 6.90. The number of aromatic hydroxyl groups is 1. The molecule has 0 spiro atoms. The van der Waals surface area contributed by atoms with Gasteiger partial charge in [-0.25, -0.2) is 10.9 Å². The fourth-order valence-electron chi connectivity index (χ4n) is 2.35. The van der Waals surface area contributed by atoms with Gasteiger partial charge in [-0.1, -0.05) is 44.0 Å². The number of hydrazine groups is 1. The Hall–Kier alpha value is -1.21. The molecule has 6 heteroatoms. The molecule has 4 nitrogen and oxygen atoms in total. The number of phenolic OH excluding ortho intramolecular Hbond substituents is 1. The van der Waals surface area contributed by atoms with Crippen molar-refractivity contribution in [3.8, 4) is 5.75 Å². The van der Waals surface area contributed by atoms with Crippen LogP contribution in [0.2, 0.25) is 0 Å². The maximum absolute atomic E-state index is 9.81. The van der Waals surface area contributed by atoms with Gasteiger partial charge in [-0.05, 0) is 35.9 Å². The fraction of sp³-hybridized carbons (Fsp3) is 0.188. The van der Waals surface area contributed by atoms with Crippen LogP contribution in [0, 0.1) is 0 Å². The number of nitrogens with one attached hydrogen (secondary N) is 2. The third kappa shape index (κ3) is 3.76. The molecule has 1 fully saturated rings. The van der Waals surface area contributed by atoms with Gasteiger partial charge in [-0.15, -0.1) is 0 Å². The Balaban J connectivity index is 1.66. The fourth-order valence-corrected chi connectivity index (χ4v) is 2.99. The van der Waals surface area contributed by atoms with Crippen LogP contribution in [-0.4, -0.2) is 17.5 Å². The second-order valence-electron chi connectivity index (χ2n) is 5.13. The van der Waals surface area contributed by atoms with E-state index in [2.05, 4.69) is 59.8 Å². The molecule has 1 saturated heterocycles. The van der Waals surface area contributed by atoms with Crippen LogP contribution in [0.5, 0.6) is 5.75 Å². The van der Waals surface area contributed by atoms with Gasteiger partial charge in [0.2, 0.25) is 0 Å². The van der Waals surface area contributed by atoms with Gasteiger partial charge in [-0.2, -0.15) is 0 Å². The van der Waals surface area contributed by atoms with Crippen molar-refractivity contribution in [3.05, 3.63) is 62.5 Å². The van der Waals surface area contributed by atoms with E-state index in [-0.39, 0.29) is 18.0 Å². The minimum atomic E-state index is -0.0213. The van der Waals surface area contributed by atoms with Crippen LogP contribution in [-0.2, 0) is 0 Å². The average molecular weight is 425 g/mol. The highest BCUT2D eigenvalue weighted by molar-refractivity contribution is 9.10. The predicted octanol–water partition coefficient (Wildman–Crippen LogP) is 3.90. The topological polar surface area (TPSA) is 56.7 Å². The SMILES string of the molecule is Oc1ccc(Br)cc1/C=N/C1CC(c2ccc(Br)cc2)NN1. The molecule has 0 aliphatic carbocycles. The van der Waals surface area contributed by atoms with Crippen molar-refractivity contribution in [2.75, 3.05) is 0 Å². The van der Waals surface area contributed by atoms with E-state index < -0.39 is 0 Å². The second kappa shape index (κ2) is 6.91. The second-order valence-corrected chi connectivity index (χ2v) is 6.96. The first-order valence-corrected chi connectivity index (χ1v) is 8.48. The molecule has 2 aromatic carbocycles. The van der Waals surface area contributed by atoms with Gasteiger partial charge >= 0.3 is 0 Å². The summed E-state index contributed by atoms with van der Waals surface area (Å²) in [5.74, 6) is 0.224. The molecule has 3 rings (SSSR count). The highest BCUT2D eigenvalue weighted by Gasteiger charge is 2.23. The molecular formula is C16H15Br2N3O. The van der Waals surface area contributed by atoms with Crippen molar-refractivity contribution >= 4 is 38.1 Å². The van der Waals surface area contributed by atoms with Gasteiger partial charge in [0.15, 0.2) is 0 Å². The number of hydrogen-bond donors (Lipinski definition) is 3. The largest absolute Gasteiger partial charge is 0.507 e. The molecule has 22 heavy (non-hydrogen) atoms. The van der Waals surface area contributed by atoms with Crippen LogP contribution < -0.4 is 10.9 Å². The number of nitrogens with zero attached hydrogens (tertiary/aromatic N) is 1. The molecule has 1 aliphatic heterocycles. The molecule has 0 bridgehead atoms. The molecule has 114 valence electrons. The van der Waals surface area contributed by atoms with Crippen LogP contribution in [0.3, 0.4) is 0 Å². The highest BCUT2D eigenvalue weighted by atomic mass is 79.9. The van der Waals surface area contributed by atoms with E-state index in [0.717, 1.165) is 15.4 Å². The Morgan fingerprint density at radius 3 is 2.55 bits per heavy atom. The zero-order valence-corrected chi connectivity index (χ0v) is 14.8. The maximum atomic E-state index is 9.81. The van der Waals surface area contributed by atoms with Crippen molar-refractivity contribution in [2.24, 2.45) is 4.99 Å². The molecule has 0 radical (unpaired) electrons. The molecular weight excluding hydrogens is 410 g/mol. The summed E-state index contributed by atoms with van der Waals surface area (Å²) < 4.78 is 1.99. The van der Waals surface area contributed by atoms with E-state index in [0.29, 0.717) is 5.56 Å². The summed E-state index contributed by atoms with van der Waals surface area (Å²) in [6.07, 6.45) is 2.53. The number of rotatable bonds is 3. The lowest BCUT2D eigenvalue weighted by Gasteiger charge is -2.08. The molecule has 0 amide bonds. The van der Waals surface area contributed by atoms with Crippen LogP contribution >= 0.6 is 31.9 Å². The Morgan fingerprint density at radius 2 is 1.77 bits per heavy atom. The molecule has 0 aromatic heterocycles. The summed E-state index contributed by atoms with van der Waals surface area (Å²) >= 11 is 6.83. The van der Waals surface area contributed by atoms with Gasteiger partial charge in [-0.3, -0.25) is 4.99 Å². The average Bonchev–Trinajstić information content (AvgIpc) is 2.98. The summed E-state index contributed by atoms with van der Waals surface area (Å²) in [5, 5.41) is 9.81. The van der Waals surface area contributed by atoms with E-state index in [4.69, 9.17) is 0 Å². The minimum Gasteiger partial charge on any atom is -0.507 e. The van der Waals surface area contributed by atoms with Crippen LogP contribution in [0.25, 0.3) is 0 Å². The molecule has 2 atom stereocenters. The Labute approximate surface area is 145 Å². The van der Waals surface area contributed by atoms with Gasteiger partial charge in [0.05, 0.1) is 0 Å². The lowest BCUT2D eigenvalue weighted by Crippen LogP contribution is -2.29. The van der Waals surface area contributed by atoms with Gasteiger partial charge in [0.25, 0.3) is 0 Å². The molecule has 2 unspecified atom stereocenters. The van der Waals surface area contributed by atoms with Gasteiger partial charge in [0, 0.05) is 33.2 Å². The van der Waals surface area contributed by atoms with E-state index >= 15 is 0 Å². The van der Waals surface area contributed by atoms with Crippen molar-refractivity contribution in [1.82, 2.24) is 10.9 Å². The van der Waals surface area contributed by atoms with E-state index in [1.54, 1.807) is 18.3 Å². The smallest absolute Gasteiger partial charge is 0.124 e. The standard InChI is InChI=1S/C16H15Br2N3O/c17-12-3-1-10(2-4-12)14-8-16(21-20-14)19-9-11-7-13(18)5-6-15(11)22/h1-7,9,14,16,20-22H,8H2/b19-9+. The minimum absolute atomic E-state index is 0.0213. The Kier molecular flexibility index (Phi) is 4.93. The summed E-state index contributed by atoms with van der Waals surface area (Å²) in [7, 11) is 0. The molecule has 1 aliphatic rings. The summed E-state index contributed by atoms with van der Waals surface area (Å²) in [5.41, 5.74) is 8.34. The van der Waals surface area contributed by atoms with Crippen molar-refractivity contribution in [1.29, 1.82) is 0 Å². The summed E-state index contributed by atoms with van der Waals surface area (Å²) in [6, 6.07) is 13.8. The molecule has 1 heterocycles. The van der Waals surface area contributed by atoms with Crippen molar-refractivity contribution in [3.63, 3.8) is 0 Å². The third-order valence-corrected chi connectivity index (χ3v) is 4.56. The highest BCUT2D eigenvalue weighted by Crippen LogP contribution is 2.25.